The minimum absolute atomic E-state index is 0.0571. The number of benzene rings is 1. The molecule has 0 aromatic heterocycles. The third-order valence-electron chi connectivity index (χ3n) is 3.37. The Balaban J connectivity index is 2.30. The summed E-state index contributed by atoms with van der Waals surface area (Å²) in [5.74, 6) is 0.796. The van der Waals surface area contributed by atoms with Crippen molar-refractivity contribution >= 4 is 27.5 Å². The number of hydrogen-bond donors (Lipinski definition) is 0. The number of hydrogen-bond acceptors (Lipinski definition) is 6. The summed E-state index contributed by atoms with van der Waals surface area (Å²) in [5, 5.41) is 11.2. The van der Waals surface area contributed by atoms with Crippen LogP contribution in [0.4, 0.5) is 5.69 Å². The largest absolute Gasteiger partial charge is 0.486 e. The van der Waals surface area contributed by atoms with Crippen LogP contribution in [-0.4, -0.2) is 49.4 Å². The molecule has 1 saturated heterocycles. The second kappa shape index (κ2) is 7.30. The molecule has 1 aliphatic heterocycles. The van der Waals surface area contributed by atoms with Gasteiger partial charge in [-0.05, 0) is 31.2 Å². The Kier molecular flexibility index (Phi) is 5.65. The zero-order chi connectivity index (χ0) is 16.2. The van der Waals surface area contributed by atoms with Gasteiger partial charge in [-0.1, -0.05) is 0 Å². The molecular formula is C13H18N2O5S2. The van der Waals surface area contributed by atoms with Crippen molar-refractivity contribution in [1.82, 2.24) is 4.31 Å². The quantitative estimate of drug-likeness (QED) is 0.427. The zero-order valence-corrected chi connectivity index (χ0v) is 13.9. The third-order valence-corrected chi connectivity index (χ3v) is 5.84. The summed E-state index contributed by atoms with van der Waals surface area (Å²) in [6.45, 7) is 1.25. The van der Waals surface area contributed by atoms with E-state index in [1.54, 1.807) is 11.8 Å². The minimum Gasteiger partial charge on any atom is -0.486 e. The number of thioether (sulfide) groups is 1. The van der Waals surface area contributed by atoms with Crippen molar-refractivity contribution in [3.63, 3.8) is 0 Å². The highest BCUT2D eigenvalue weighted by atomic mass is 32.2. The molecule has 0 aliphatic carbocycles. The van der Waals surface area contributed by atoms with Crippen LogP contribution in [0.3, 0.4) is 0 Å². The Morgan fingerprint density at radius 1 is 1.36 bits per heavy atom. The van der Waals surface area contributed by atoms with Gasteiger partial charge in [0.05, 0.1) is 16.4 Å². The highest BCUT2D eigenvalue weighted by molar-refractivity contribution is 7.98. The molecule has 1 aliphatic rings. The first-order valence-electron chi connectivity index (χ1n) is 6.87. The van der Waals surface area contributed by atoms with E-state index < -0.39 is 14.9 Å². The Hall–Kier alpha value is -1.32. The maximum atomic E-state index is 12.4. The maximum absolute atomic E-state index is 12.4. The van der Waals surface area contributed by atoms with Crippen LogP contribution in [0.25, 0.3) is 0 Å². The summed E-state index contributed by atoms with van der Waals surface area (Å²) in [7, 11) is -3.67. The van der Waals surface area contributed by atoms with Crippen molar-refractivity contribution in [2.24, 2.45) is 0 Å². The van der Waals surface area contributed by atoms with E-state index >= 15 is 0 Å². The van der Waals surface area contributed by atoms with Crippen LogP contribution < -0.4 is 4.74 Å². The van der Waals surface area contributed by atoms with Crippen LogP contribution in [0.5, 0.6) is 5.75 Å². The third kappa shape index (κ3) is 3.71. The van der Waals surface area contributed by atoms with Crippen LogP contribution in [0.1, 0.15) is 12.8 Å². The van der Waals surface area contributed by atoms with Crippen molar-refractivity contribution < 1.29 is 18.1 Å². The number of nitro groups is 1. The highest BCUT2D eigenvalue weighted by Gasteiger charge is 2.29. The van der Waals surface area contributed by atoms with Crippen molar-refractivity contribution in [1.29, 1.82) is 0 Å². The first-order valence-corrected chi connectivity index (χ1v) is 9.70. The fourth-order valence-electron chi connectivity index (χ4n) is 2.23. The van der Waals surface area contributed by atoms with Crippen LogP contribution in [0, 0.1) is 10.1 Å². The summed E-state index contributed by atoms with van der Waals surface area (Å²) >= 11 is 1.56. The molecular weight excluding hydrogens is 328 g/mol. The Morgan fingerprint density at radius 3 is 2.64 bits per heavy atom. The van der Waals surface area contributed by atoms with Crippen molar-refractivity contribution in [2.75, 3.05) is 31.7 Å². The van der Waals surface area contributed by atoms with E-state index in [1.165, 1.54) is 16.4 Å². The molecule has 0 radical (unpaired) electrons. The lowest BCUT2D eigenvalue weighted by atomic mass is 10.3. The van der Waals surface area contributed by atoms with Crippen molar-refractivity contribution in [3.05, 3.63) is 28.3 Å². The maximum Gasteiger partial charge on any atom is 0.312 e. The van der Waals surface area contributed by atoms with Gasteiger partial charge < -0.3 is 4.74 Å². The molecule has 0 unspecified atom stereocenters. The molecule has 1 aromatic rings. The monoisotopic (exact) mass is 346 g/mol. The van der Waals surface area contributed by atoms with Crippen LogP contribution in [0.15, 0.2) is 23.1 Å². The minimum atomic E-state index is -3.67. The average molecular weight is 346 g/mol. The molecule has 0 spiro atoms. The fraction of sp³-hybridized carbons (Fsp3) is 0.538. The molecule has 122 valence electrons. The lowest BCUT2D eigenvalue weighted by Crippen LogP contribution is -2.27. The number of nitrogens with zero attached hydrogens (tertiary/aromatic N) is 2. The summed E-state index contributed by atoms with van der Waals surface area (Å²) < 4.78 is 31.6. The second-order valence-electron chi connectivity index (χ2n) is 4.84. The van der Waals surface area contributed by atoms with Gasteiger partial charge in [-0.25, -0.2) is 8.42 Å². The van der Waals surface area contributed by atoms with Gasteiger partial charge in [0.15, 0.2) is 5.75 Å². The fourth-order valence-corrected chi connectivity index (χ4v) is 4.02. The number of ether oxygens (including phenoxy) is 1. The molecule has 0 N–H and O–H groups in total. The van der Waals surface area contributed by atoms with Gasteiger partial charge >= 0.3 is 5.69 Å². The first kappa shape index (κ1) is 17.0. The second-order valence-corrected chi connectivity index (χ2v) is 7.76. The van der Waals surface area contributed by atoms with Crippen LogP contribution in [0.2, 0.25) is 0 Å². The molecule has 0 saturated carbocycles. The van der Waals surface area contributed by atoms with Gasteiger partial charge in [-0.3, -0.25) is 10.1 Å². The Bertz CT molecular complexity index is 642. The summed E-state index contributed by atoms with van der Waals surface area (Å²) in [6.07, 6.45) is 3.54. The molecule has 1 heterocycles. The summed E-state index contributed by atoms with van der Waals surface area (Å²) in [4.78, 5) is 10.5. The Morgan fingerprint density at radius 2 is 2.05 bits per heavy atom. The smallest absolute Gasteiger partial charge is 0.312 e. The summed E-state index contributed by atoms with van der Waals surface area (Å²) in [6, 6.07) is 3.82. The molecule has 1 fully saturated rings. The first-order chi connectivity index (χ1) is 10.5. The molecule has 7 nitrogen and oxygen atoms in total. The topological polar surface area (TPSA) is 89.8 Å². The van der Waals surface area contributed by atoms with E-state index in [4.69, 9.17) is 4.74 Å². The van der Waals surface area contributed by atoms with Gasteiger partial charge in [-0.2, -0.15) is 16.1 Å². The van der Waals surface area contributed by atoms with Crippen molar-refractivity contribution in [2.45, 2.75) is 17.7 Å². The van der Waals surface area contributed by atoms with Crippen LogP contribution >= 0.6 is 11.8 Å². The van der Waals surface area contributed by atoms with Gasteiger partial charge in [0.1, 0.15) is 0 Å². The summed E-state index contributed by atoms with van der Waals surface area (Å²) in [5.41, 5.74) is -0.318. The SMILES string of the molecule is CSCCOc1ccc(S(=O)(=O)N2CCCC2)cc1[N+](=O)[O-]. The number of rotatable bonds is 7. The molecule has 0 bridgehead atoms. The lowest BCUT2D eigenvalue weighted by Gasteiger charge is -2.15. The van der Waals surface area contributed by atoms with Gasteiger partial charge in [-0.15, -0.1) is 0 Å². The lowest BCUT2D eigenvalue weighted by molar-refractivity contribution is -0.386. The molecule has 0 atom stereocenters. The predicted molar refractivity (Wildman–Crippen MR) is 85.0 cm³/mol. The van der Waals surface area contributed by atoms with E-state index in [0.717, 1.165) is 18.9 Å². The van der Waals surface area contributed by atoms with E-state index in [-0.39, 0.29) is 16.3 Å². The Labute approximate surface area is 133 Å². The molecule has 2 rings (SSSR count). The van der Waals surface area contributed by atoms with E-state index in [1.807, 2.05) is 6.26 Å². The molecule has 0 amide bonds. The van der Waals surface area contributed by atoms with E-state index in [0.29, 0.717) is 25.4 Å². The standard InChI is InChI=1S/C13H18N2O5S2/c1-21-9-8-20-13-5-4-11(10-12(13)15(16)17)22(18,19)14-6-2-3-7-14/h4-5,10H,2-3,6-9H2,1H3. The zero-order valence-electron chi connectivity index (χ0n) is 12.2. The van der Waals surface area contributed by atoms with Gasteiger partial charge in [0.2, 0.25) is 10.0 Å². The van der Waals surface area contributed by atoms with E-state index in [2.05, 4.69) is 0 Å². The van der Waals surface area contributed by atoms with Gasteiger partial charge in [0.25, 0.3) is 0 Å². The number of nitro benzene ring substituents is 1. The van der Waals surface area contributed by atoms with E-state index in [9.17, 15) is 18.5 Å². The molecule has 9 heteroatoms. The molecule has 22 heavy (non-hydrogen) atoms. The normalized spacial score (nSPS) is 15.9. The predicted octanol–water partition coefficient (Wildman–Crippen LogP) is 2.12. The van der Waals surface area contributed by atoms with Crippen LogP contribution in [-0.2, 0) is 10.0 Å². The average Bonchev–Trinajstić information content (AvgIpc) is 3.02. The highest BCUT2D eigenvalue weighted by Crippen LogP contribution is 2.31. The molecule has 1 aromatic carbocycles. The number of sulfonamides is 1. The van der Waals surface area contributed by atoms with Crippen molar-refractivity contribution in [3.8, 4) is 5.75 Å². The van der Waals surface area contributed by atoms with Gasteiger partial charge in [0, 0.05) is 24.9 Å².